The Morgan fingerprint density at radius 2 is 1.88 bits per heavy atom. The first kappa shape index (κ1) is 12.2. The monoisotopic (exact) mass is 232 g/mol. The molecule has 1 aliphatic rings. The summed E-state index contributed by atoms with van der Waals surface area (Å²) in [5.41, 5.74) is 1.41. The molecule has 0 spiro atoms. The zero-order chi connectivity index (χ0) is 12.1. The molecule has 2 nitrogen and oxygen atoms in total. The van der Waals surface area contributed by atoms with Crippen LogP contribution in [0.5, 0.6) is 0 Å². The average Bonchev–Trinajstić information content (AvgIpc) is 2.64. The lowest BCUT2D eigenvalue weighted by Gasteiger charge is -2.14. The summed E-state index contributed by atoms with van der Waals surface area (Å²) in [6, 6.07) is 10.6. The van der Waals surface area contributed by atoms with Crippen LogP contribution in [0.1, 0.15) is 43.6 Å². The van der Waals surface area contributed by atoms with Crippen molar-refractivity contribution < 1.29 is 9.53 Å². The van der Waals surface area contributed by atoms with E-state index in [2.05, 4.69) is 30.3 Å². The van der Waals surface area contributed by atoms with E-state index in [1.54, 1.807) is 0 Å². The van der Waals surface area contributed by atoms with Gasteiger partial charge in [0.05, 0.1) is 13.0 Å². The van der Waals surface area contributed by atoms with Gasteiger partial charge in [0.1, 0.15) is 0 Å². The van der Waals surface area contributed by atoms with E-state index in [0.717, 1.165) is 25.7 Å². The topological polar surface area (TPSA) is 26.3 Å². The van der Waals surface area contributed by atoms with E-state index < -0.39 is 0 Å². The highest BCUT2D eigenvalue weighted by Gasteiger charge is 2.25. The van der Waals surface area contributed by atoms with Gasteiger partial charge in [0.25, 0.3) is 0 Å². The van der Waals surface area contributed by atoms with Gasteiger partial charge in [0, 0.05) is 0 Å². The molecule has 0 aliphatic heterocycles. The minimum absolute atomic E-state index is 0.0290. The summed E-state index contributed by atoms with van der Waals surface area (Å²) in [4.78, 5) is 11.5. The quantitative estimate of drug-likeness (QED) is 0.576. The smallest absolute Gasteiger partial charge is 0.308 e. The molecule has 0 N–H and O–H groups in total. The number of rotatable bonds is 2. The van der Waals surface area contributed by atoms with Crippen LogP contribution in [0, 0.1) is 5.92 Å². The van der Waals surface area contributed by atoms with Crippen LogP contribution in [-0.4, -0.2) is 13.1 Å². The maximum Gasteiger partial charge on any atom is 0.308 e. The Morgan fingerprint density at radius 1 is 1.12 bits per heavy atom. The third-order valence-electron chi connectivity index (χ3n) is 3.77. The number of hydrogen-bond donors (Lipinski definition) is 0. The van der Waals surface area contributed by atoms with Crippen molar-refractivity contribution in [3.05, 3.63) is 35.9 Å². The molecule has 2 heteroatoms. The van der Waals surface area contributed by atoms with Gasteiger partial charge in [-0.3, -0.25) is 4.79 Å². The lowest BCUT2D eigenvalue weighted by Crippen LogP contribution is -2.15. The maximum atomic E-state index is 11.5. The second-order valence-corrected chi connectivity index (χ2v) is 4.84. The molecule has 0 saturated heterocycles. The molecule has 0 aromatic heterocycles. The fourth-order valence-electron chi connectivity index (χ4n) is 2.76. The molecule has 1 aromatic rings. The molecule has 0 radical (unpaired) electrons. The standard InChI is InChI=1S/C15H20O2/c1-17-15(16)14-9-5-8-13(10-11-14)12-6-3-2-4-7-12/h2-4,6-7,13-14H,5,8-11H2,1H3. The lowest BCUT2D eigenvalue weighted by atomic mass is 9.91. The minimum Gasteiger partial charge on any atom is -0.469 e. The number of carbonyl (C=O) groups excluding carboxylic acids is 1. The summed E-state index contributed by atoms with van der Waals surface area (Å²) in [7, 11) is 1.49. The summed E-state index contributed by atoms with van der Waals surface area (Å²) in [6.45, 7) is 0. The summed E-state index contributed by atoms with van der Waals surface area (Å²) >= 11 is 0. The van der Waals surface area contributed by atoms with Crippen LogP contribution in [-0.2, 0) is 9.53 Å². The molecule has 2 atom stereocenters. The van der Waals surface area contributed by atoms with Crippen molar-refractivity contribution in [1.82, 2.24) is 0 Å². The van der Waals surface area contributed by atoms with Crippen molar-refractivity contribution in [1.29, 1.82) is 0 Å². The molecule has 1 saturated carbocycles. The number of methoxy groups -OCH3 is 1. The van der Waals surface area contributed by atoms with E-state index in [0.29, 0.717) is 5.92 Å². The van der Waals surface area contributed by atoms with Crippen LogP contribution in [0.4, 0.5) is 0 Å². The zero-order valence-electron chi connectivity index (χ0n) is 10.4. The first-order chi connectivity index (χ1) is 8.31. The molecule has 1 fully saturated rings. The van der Waals surface area contributed by atoms with E-state index in [9.17, 15) is 4.79 Å². The van der Waals surface area contributed by atoms with E-state index in [4.69, 9.17) is 4.74 Å². The second-order valence-electron chi connectivity index (χ2n) is 4.84. The molecule has 0 bridgehead atoms. The van der Waals surface area contributed by atoms with Gasteiger partial charge in [-0.25, -0.2) is 0 Å². The maximum absolute atomic E-state index is 11.5. The summed E-state index contributed by atoms with van der Waals surface area (Å²) in [5, 5.41) is 0. The van der Waals surface area contributed by atoms with E-state index >= 15 is 0 Å². The molecular formula is C15H20O2. The van der Waals surface area contributed by atoms with Crippen molar-refractivity contribution >= 4 is 5.97 Å². The molecular weight excluding hydrogens is 212 g/mol. The van der Waals surface area contributed by atoms with Crippen molar-refractivity contribution in [2.75, 3.05) is 7.11 Å². The number of esters is 1. The van der Waals surface area contributed by atoms with Gasteiger partial charge in [0.2, 0.25) is 0 Å². The van der Waals surface area contributed by atoms with Gasteiger partial charge in [-0.2, -0.15) is 0 Å². The van der Waals surface area contributed by atoms with Crippen LogP contribution in [0.25, 0.3) is 0 Å². The molecule has 0 amide bonds. The van der Waals surface area contributed by atoms with E-state index in [1.807, 2.05) is 0 Å². The van der Waals surface area contributed by atoms with Gasteiger partial charge < -0.3 is 4.74 Å². The van der Waals surface area contributed by atoms with Crippen LogP contribution >= 0.6 is 0 Å². The molecule has 2 rings (SSSR count). The molecule has 17 heavy (non-hydrogen) atoms. The first-order valence-electron chi connectivity index (χ1n) is 6.44. The summed E-state index contributed by atoms with van der Waals surface area (Å²) in [6.07, 6.45) is 5.36. The van der Waals surface area contributed by atoms with Crippen LogP contribution in [0.15, 0.2) is 30.3 Å². The number of carbonyl (C=O) groups is 1. The largest absolute Gasteiger partial charge is 0.469 e. The molecule has 0 heterocycles. The summed E-state index contributed by atoms with van der Waals surface area (Å²) in [5.74, 6) is 0.707. The predicted molar refractivity (Wildman–Crippen MR) is 67.8 cm³/mol. The Hall–Kier alpha value is -1.31. The van der Waals surface area contributed by atoms with Gasteiger partial charge in [-0.05, 0) is 37.2 Å². The molecule has 92 valence electrons. The number of hydrogen-bond acceptors (Lipinski definition) is 2. The van der Waals surface area contributed by atoms with Crippen molar-refractivity contribution in [2.24, 2.45) is 5.92 Å². The average molecular weight is 232 g/mol. The third-order valence-corrected chi connectivity index (χ3v) is 3.77. The zero-order valence-corrected chi connectivity index (χ0v) is 10.4. The van der Waals surface area contributed by atoms with Gasteiger partial charge >= 0.3 is 5.97 Å². The van der Waals surface area contributed by atoms with Gasteiger partial charge in [-0.15, -0.1) is 0 Å². The van der Waals surface area contributed by atoms with Crippen molar-refractivity contribution in [3.63, 3.8) is 0 Å². The first-order valence-corrected chi connectivity index (χ1v) is 6.44. The van der Waals surface area contributed by atoms with Crippen LogP contribution in [0.3, 0.4) is 0 Å². The Labute approximate surface area is 103 Å². The van der Waals surface area contributed by atoms with E-state index in [-0.39, 0.29) is 11.9 Å². The predicted octanol–water partition coefficient (Wildman–Crippen LogP) is 3.52. The van der Waals surface area contributed by atoms with Gasteiger partial charge in [-0.1, -0.05) is 36.8 Å². The minimum atomic E-state index is -0.0290. The fraction of sp³-hybridized carbons (Fsp3) is 0.533. The van der Waals surface area contributed by atoms with Crippen molar-refractivity contribution in [2.45, 2.75) is 38.0 Å². The number of benzene rings is 1. The number of ether oxygens (including phenoxy) is 1. The van der Waals surface area contributed by atoms with E-state index in [1.165, 1.54) is 19.1 Å². The Bertz CT molecular complexity index is 358. The van der Waals surface area contributed by atoms with Crippen LogP contribution < -0.4 is 0 Å². The SMILES string of the molecule is COC(=O)C1CCCC(c2ccccc2)CC1. The van der Waals surface area contributed by atoms with Crippen molar-refractivity contribution in [3.8, 4) is 0 Å². The highest BCUT2D eigenvalue weighted by Crippen LogP contribution is 2.34. The lowest BCUT2D eigenvalue weighted by molar-refractivity contribution is -0.145. The molecule has 2 unspecified atom stereocenters. The molecule has 1 aliphatic carbocycles. The highest BCUT2D eigenvalue weighted by atomic mass is 16.5. The van der Waals surface area contributed by atoms with Crippen LogP contribution in [0.2, 0.25) is 0 Å². The fourth-order valence-corrected chi connectivity index (χ4v) is 2.76. The molecule has 1 aromatic carbocycles. The normalized spacial score (nSPS) is 25.0. The Balaban J connectivity index is 1.99. The van der Waals surface area contributed by atoms with Gasteiger partial charge in [0.15, 0.2) is 0 Å². The second kappa shape index (κ2) is 5.85. The highest BCUT2D eigenvalue weighted by molar-refractivity contribution is 5.72. The Kier molecular flexibility index (Phi) is 4.18. The summed E-state index contributed by atoms with van der Waals surface area (Å²) < 4.78 is 4.85. The Morgan fingerprint density at radius 3 is 2.59 bits per heavy atom. The third kappa shape index (κ3) is 3.09.